The summed E-state index contributed by atoms with van der Waals surface area (Å²) in [6, 6.07) is 4.27. The minimum atomic E-state index is -4.04. The van der Waals surface area contributed by atoms with Gasteiger partial charge in [-0.3, -0.25) is 4.79 Å². The van der Waals surface area contributed by atoms with E-state index in [1.54, 1.807) is 0 Å². The molecule has 1 aliphatic rings. The standard InChI is InChI=1S/C16H16Cl2N2O4S/c17-13-9-19-14(18)12-8-10(4-5-11(12)13)25(23,24)20-16(15(21)22)6-2-1-3-7-16/h4-5,8-9,20H,1-3,6-7H2,(H,21,22). The zero-order valence-corrected chi connectivity index (χ0v) is 15.5. The second-order valence-corrected chi connectivity index (χ2v) is 8.61. The number of benzene rings is 1. The van der Waals surface area contributed by atoms with Crippen LogP contribution in [-0.2, 0) is 14.8 Å². The van der Waals surface area contributed by atoms with Gasteiger partial charge >= 0.3 is 5.97 Å². The van der Waals surface area contributed by atoms with Gasteiger partial charge in [0, 0.05) is 17.0 Å². The molecule has 1 aromatic heterocycles. The lowest BCUT2D eigenvalue weighted by atomic mass is 9.83. The van der Waals surface area contributed by atoms with Gasteiger partial charge in [-0.15, -0.1) is 0 Å². The third-order valence-corrected chi connectivity index (χ3v) is 6.65. The third-order valence-electron chi connectivity index (χ3n) is 4.52. The summed E-state index contributed by atoms with van der Waals surface area (Å²) in [6.45, 7) is 0. The molecule has 6 nitrogen and oxygen atoms in total. The quantitative estimate of drug-likeness (QED) is 0.761. The van der Waals surface area contributed by atoms with Crippen molar-refractivity contribution >= 4 is 50.0 Å². The van der Waals surface area contributed by atoms with Gasteiger partial charge in [-0.1, -0.05) is 48.5 Å². The monoisotopic (exact) mass is 402 g/mol. The summed E-state index contributed by atoms with van der Waals surface area (Å²) in [5.74, 6) is -1.15. The molecular weight excluding hydrogens is 387 g/mol. The maximum absolute atomic E-state index is 12.8. The zero-order valence-electron chi connectivity index (χ0n) is 13.1. The molecule has 1 aliphatic carbocycles. The maximum Gasteiger partial charge on any atom is 0.324 e. The van der Waals surface area contributed by atoms with Crippen molar-refractivity contribution in [2.45, 2.75) is 42.5 Å². The van der Waals surface area contributed by atoms with E-state index in [2.05, 4.69) is 9.71 Å². The maximum atomic E-state index is 12.8. The van der Waals surface area contributed by atoms with E-state index in [9.17, 15) is 18.3 Å². The molecule has 9 heteroatoms. The van der Waals surface area contributed by atoms with Crippen molar-refractivity contribution in [2.24, 2.45) is 0 Å². The number of fused-ring (bicyclic) bond motifs is 1. The second-order valence-electron chi connectivity index (χ2n) is 6.16. The highest BCUT2D eigenvalue weighted by molar-refractivity contribution is 7.89. The lowest BCUT2D eigenvalue weighted by molar-refractivity contribution is -0.145. The number of carbonyl (C=O) groups is 1. The number of aliphatic carboxylic acids is 1. The molecular formula is C16H16Cl2N2O4S. The van der Waals surface area contributed by atoms with E-state index in [1.807, 2.05) is 0 Å². The summed E-state index contributed by atoms with van der Waals surface area (Å²) in [6.07, 6.45) is 4.15. The average molecular weight is 403 g/mol. The van der Waals surface area contributed by atoms with Gasteiger partial charge in [-0.2, -0.15) is 4.72 Å². The van der Waals surface area contributed by atoms with E-state index in [0.717, 1.165) is 6.42 Å². The van der Waals surface area contributed by atoms with Crippen molar-refractivity contribution in [3.05, 3.63) is 34.6 Å². The Morgan fingerprint density at radius 2 is 1.84 bits per heavy atom. The van der Waals surface area contributed by atoms with E-state index < -0.39 is 21.5 Å². The van der Waals surface area contributed by atoms with Gasteiger partial charge in [0.15, 0.2) is 0 Å². The molecule has 2 N–H and O–H groups in total. The van der Waals surface area contributed by atoms with Crippen molar-refractivity contribution in [1.29, 1.82) is 0 Å². The third kappa shape index (κ3) is 3.46. The Labute approximate surface area is 155 Å². The SMILES string of the molecule is O=C(O)C1(NS(=O)(=O)c2ccc3c(Cl)cnc(Cl)c3c2)CCCCC1. The molecule has 134 valence electrons. The van der Waals surface area contributed by atoms with Crippen LogP contribution in [0.25, 0.3) is 10.8 Å². The van der Waals surface area contributed by atoms with Crippen LogP contribution in [0.2, 0.25) is 10.2 Å². The molecule has 3 rings (SSSR count). The van der Waals surface area contributed by atoms with Crippen LogP contribution in [-0.4, -0.2) is 30.0 Å². The fourth-order valence-corrected chi connectivity index (χ4v) is 5.02. The van der Waals surface area contributed by atoms with Crippen LogP contribution in [0.15, 0.2) is 29.3 Å². The Hall–Kier alpha value is -1.41. The zero-order chi connectivity index (χ0) is 18.2. The number of carboxylic acid groups (broad SMARTS) is 1. The first-order valence-corrected chi connectivity index (χ1v) is 10.0. The van der Waals surface area contributed by atoms with Gasteiger partial charge in [0.25, 0.3) is 0 Å². The van der Waals surface area contributed by atoms with Gasteiger partial charge in [0.05, 0.1) is 9.92 Å². The molecule has 2 aromatic rings. The number of hydrogen-bond donors (Lipinski definition) is 2. The van der Waals surface area contributed by atoms with E-state index >= 15 is 0 Å². The number of pyridine rings is 1. The van der Waals surface area contributed by atoms with Gasteiger partial charge in [-0.05, 0) is 25.0 Å². The minimum absolute atomic E-state index is 0.0721. The number of aromatic nitrogens is 1. The normalized spacial score (nSPS) is 17.5. The Kier molecular flexibility index (Phi) is 4.94. The van der Waals surface area contributed by atoms with Crippen molar-refractivity contribution < 1.29 is 18.3 Å². The lowest BCUT2D eigenvalue weighted by Gasteiger charge is -2.33. The lowest BCUT2D eigenvalue weighted by Crippen LogP contribution is -2.55. The van der Waals surface area contributed by atoms with Crippen LogP contribution in [0.5, 0.6) is 0 Å². The Balaban J connectivity index is 2.04. The van der Waals surface area contributed by atoms with Crippen LogP contribution in [0.4, 0.5) is 0 Å². The van der Waals surface area contributed by atoms with Crippen molar-refractivity contribution in [1.82, 2.24) is 9.71 Å². The average Bonchev–Trinajstić information content (AvgIpc) is 2.58. The van der Waals surface area contributed by atoms with Crippen LogP contribution in [0, 0.1) is 0 Å². The summed E-state index contributed by atoms with van der Waals surface area (Å²) in [4.78, 5) is 15.6. The summed E-state index contributed by atoms with van der Waals surface area (Å²) >= 11 is 12.1. The largest absolute Gasteiger partial charge is 0.480 e. The van der Waals surface area contributed by atoms with Crippen LogP contribution >= 0.6 is 23.2 Å². The number of nitrogens with zero attached hydrogens (tertiary/aromatic N) is 1. The summed E-state index contributed by atoms with van der Waals surface area (Å²) in [7, 11) is -4.04. The minimum Gasteiger partial charge on any atom is -0.480 e. The van der Waals surface area contributed by atoms with Crippen molar-refractivity contribution in [3.63, 3.8) is 0 Å². The van der Waals surface area contributed by atoms with Crippen LogP contribution in [0.1, 0.15) is 32.1 Å². The number of hydrogen-bond acceptors (Lipinski definition) is 4. The fraction of sp³-hybridized carbons (Fsp3) is 0.375. The predicted octanol–water partition coefficient (Wildman–Crippen LogP) is 3.61. The van der Waals surface area contributed by atoms with E-state index in [1.165, 1.54) is 24.4 Å². The van der Waals surface area contributed by atoms with Gasteiger partial charge in [0.1, 0.15) is 10.7 Å². The highest BCUT2D eigenvalue weighted by Crippen LogP contribution is 2.32. The molecule has 1 heterocycles. The molecule has 0 saturated heterocycles. The highest BCUT2D eigenvalue weighted by atomic mass is 35.5. The van der Waals surface area contributed by atoms with Gasteiger partial charge in [-0.25, -0.2) is 13.4 Å². The molecule has 1 saturated carbocycles. The topological polar surface area (TPSA) is 96.4 Å². The molecule has 0 unspecified atom stereocenters. The number of nitrogens with one attached hydrogen (secondary N) is 1. The number of carboxylic acids is 1. The number of sulfonamides is 1. The molecule has 0 aliphatic heterocycles. The molecule has 0 spiro atoms. The van der Waals surface area contributed by atoms with Crippen molar-refractivity contribution in [3.8, 4) is 0 Å². The molecule has 1 fully saturated rings. The first-order chi connectivity index (χ1) is 11.8. The van der Waals surface area contributed by atoms with E-state index in [4.69, 9.17) is 23.2 Å². The second kappa shape index (κ2) is 6.72. The van der Waals surface area contributed by atoms with Crippen LogP contribution in [0.3, 0.4) is 0 Å². The smallest absolute Gasteiger partial charge is 0.324 e. The Morgan fingerprint density at radius 3 is 2.48 bits per heavy atom. The first kappa shape index (κ1) is 18.4. The molecule has 0 amide bonds. The fourth-order valence-electron chi connectivity index (χ4n) is 3.15. The molecule has 0 bridgehead atoms. The molecule has 25 heavy (non-hydrogen) atoms. The summed E-state index contributed by atoms with van der Waals surface area (Å²) in [5, 5.41) is 11.0. The van der Waals surface area contributed by atoms with E-state index in [0.29, 0.717) is 28.6 Å². The summed E-state index contributed by atoms with van der Waals surface area (Å²) < 4.78 is 28.0. The highest BCUT2D eigenvalue weighted by Gasteiger charge is 2.43. The Bertz CT molecular complexity index is 941. The van der Waals surface area contributed by atoms with Gasteiger partial charge < -0.3 is 5.11 Å². The Morgan fingerprint density at radius 1 is 1.16 bits per heavy atom. The first-order valence-electron chi connectivity index (χ1n) is 7.76. The van der Waals surface area contributed by atoms with Gasteiger partial charge in [0.2, 0.25) is 10.0 Å². The summed E-state index contributed by atoms with van der Waals surface area (Å²) in [5.41, 5.74) is -1.47. The number of rotatable bonds is 4. The molecule has 1 aromatic carbocycles. The predicted molar refractivity (Wildman–Crippen MR) is 95.5 cm³/mol. The number of halogens is 2. The molecule has 0 atom stereocenters. The van der Waals surface area contributed by atoms with Crippen molar-refractivity contribution in [2.75, 3.05) is 0 Å². The van der Waals surface area contributed by atoms with Crippen LogP contribution < -0.4 is 4.72 Å². The van der Waals surface area contributed by atoms with E-state index in [-0.39, 0.29) is 22.9 Å². The molecule has 0 radical (unpaired) electrons.